The monoisotopic (exact) mass is 436 g/mol. The highest BCUT2D eigenvalue weighted by Crippen LogP contribution is 2.27. The maximum Gasteiger partial charge on any atom is 0.260 e. The molecule has 6 nitrogen and oxygen atoms in total. The molecule has 0 saturated carbocycles. The predicted molar refractivity (Wildman–Crippen MR) is 127 cm³/mol. The van der Waals surface area contributed by atoms with Crippen LogP contribution in [0, 0.1) is 0 Å². The fourth-order valence-electron chi connectivity index (χ4n) is 4.23. The average molecular weight is 437 g/mol. The van der Waals surface area contributed by atoms with Gasteiger partial charge in [0, 0.05) is 24.7 Å². The van der Waals surface area contributed by atoms with Gasteiger partial charge in [-0.05, 0) is 44.7 Å². The molecule has 0 aliphatic rings. The summed E-state index contributed by atoms with van der Waals surface area (Å²) in [4.78, 5) is 39.5. The maximum atomic E-state index is 13.6. The number of aliphatic hydroxyl groups is 1. The van der Waals surface area contributed by atoms with Crippen LogP contribution >= 0.6 is 0 Å². The summed E-state index contributed by atoms with van der Waals surface area (Å²) in [6.07, 6.45) is 1.64. The lowest BCUT2D eigenvalue weighted by Crippen LogP contribution is -2.27. The number of aromatic nitrogens is 2. The number of ketones is 2. The first kappa shape index (κ1) is 23.7. The summed E-state index contributed by atoms with van der Waals surface area (Å²) in [7, 11) is 1.80. The molecule has 0 aliphatic heterocycles. The molecule has 0 unspecified atom stereocenters. The van der Waals surface area contributed by atoms with Crippen LogP contribution in [0.4, 0.5) is 0 Å². The second-order valence-electron chi connectivity index (χ2n) is 8.91. The number of rotatable bonds is 9. The largest absolute Gasteiger partial charge is 0.390 e. The second kappa shape index (κ2) is 9.25. The van der Waals surface area contributed by atoms with Crippen LogP contribution < -0.4 is 5.56 Å². The van der Waals surface area contributed by atoms with Crippen LogP contribution in [0.25, 0.3) is 10.9 Å². The topological polar surface area (TPSA) is 81.3 Å². The standard InChI is InChI=1S/C26H32N2O4/c1-6-18-15-20-23(25(31)28(18)16-22(30)17-11-9-8-10-12-17)19(7-2)24(27(20)5)21(29)13-14-26(3,4)32/h8-12,15,32H,6-7,13-14,16H2,1-5H3. The SMILES string of the molecule is CCc1c(C(=O)CCC(C)(C)O)n(C)c2cc(CC)n(CC(=O)c3ccccc3)c(=O)c12. The van der Waals surface area contributed by atoms with E-state index >= 15 is 0 Å². The molecule has 0 spiro atoms. The molecular weight excluding hydrogens is 404 g/mol. The third-order valence-corrected chi connectivity index (χ3v) is 5.99. The van der Waals surface area contributed by atoms with Crippen LogP contribution in [0.2, 0.25) is 0 Å². The summed E-state index contributed by atoms with van der Waals surface area (Å²) in [6, 6.07) is 10.9. The summed E-state index contributed by atoms with van der Waals surface area (Å²) in [5.41, 5.74) is 2.07. The highest BCUT2D eigenvalue weighted by Gasteiger charge is 2.25. The van der Waals surface area contributed by atoms with Crippen molar-refractivity contribution in [3.63, 3.8) is 0 Å². The molecule has 2 aromatic heterocycles. The molecule has 0 saturated heterocycles. The van der Waals surface area contributed by atoms with Crippen LogP contribution in [0.15, 0.2) is 41.2 Å². The zero-order valence-corrected chi connectivity index (χ0v) is 19.6. The Bertz CT molecular complexity index is 1210. The van der Waals surface area contributed by atoms with Gasteiger partial charge in [-0.3, -0.25) is 14.4 Å². The third kappa shape index (κ3) is 4.60. The molecule has 6 heteroatoms. The highest BCUT2D eigenvalue weighted by molar-refractivity contribution is 6.03. The van der Waals surface area contributed by atoms with Crippen molar-refractivity contribution in [2.75, 3.05) is 0 Å². The molecule has 1 N–H and O–H groups in total. The number of fused-ring (bicyclic) bond motifs is 1. The van der Waals surface area contributed by atoms with E-state index in [1.54, 1.807) is 54.3 Å². The quantitative estimate of drug-likeness (QED) is 0.513. The summed E-state index contributed by atoms with van der Waals surface area (Å²) >= 11 is 0. The number of pyridine rings is 1. The van der Waals surface area contributed by atoms with Crippen molar-refractivity contribution < 1.29 is 14.7 Å². The summed E-state index contributed by atoms with van der Waals surface area (Å²) in [6.45, 7) is 7.19. The molecule has 1 aromatic carbocycles. The number of nitrogens with zero attached hydrogens (tertiary/aromatic N) is 2. The second-order valence-corrected chi connectivity index (χ2v) is 8.91. The fourth-order valence-corrected chi connectivity index (χ4v) is 4.23. The molecule has 3 aromatic rings. The van der Waals surface area contributed by atoms with Gasteiger partial charge >= 0.3 is 0 Å². The van der Waals surface area contributed by atoms with Gasteiger partial charge in [0.25, 0.3) is 5.56 Å². The van der Waals surface area contributed by atoms with Gasteiger partial charge in [0.1, 0.15) is 0 Å². The van der Waals surface area contributed by atoms with Crippen LogP contribution in [0.3, 0.4) is 0 Å². The summed E-state index contributed by atoms with van der Waals surface area (Å²) < 4.78 is 3.34. The first-order valence-corrected chi connectivity index (χ1v) is 11.2. The minimum atomic E-state index is -0.938. The Hall–Kier alpha value is -2.99. The van der Waals surface area contributed by atoms with E-state index in [2.05, 4.69) is 0 Å². The molecule has 2 heterocycles. The summed E-state index contributed by atoms with van der Waals surface area (Å²) in [5.74, 6) is -0.218. The zero-order chi connectivity index (χ0) is 23.6. The van der Waals surface area contributed by atoms with Crippen LogP contribution in [0.1, 0.15) is 72.6 Å². The first-order valence-electron chi connectivity index (χ1n) is 11.2. The molecule has 0 atom stereocenters. The van der Waals surface area contributed by atoms with Gasteiger partial charge in [-0.2, -0.15) is 0 Å². The number of carbonyl (C=O) groups is 2. The van der Waals surface area contributed by atoms with E-state index in [0.29, 0.717) is 47.0 Å². The van der Waals surface area contributed by atoms with Gasteiger partial charge in [0.15, 0.2) is 11.6 Å². The van der Waals surface area contributed by atoms with Crippen molar-refractivity contribution in [2.24, 2.45) is 7.05 Å². The van der Waals surface area contributed by atoms with Crippen LogP contribution in [-0.4, -0.2) is 31.4 Å². The Morgan fingerprint density at radius 3 is 2.25 bits per heavy atom. The number of Topliss-reactive ketones (excluding diaryl/α,β-unsaturated/α-hetero) is 2. The predicted octanol–water partition coefficient (Wildman–Crippen LogP) is 4.08. The number of hydrogen-bond acceptors (Lipinski definition) is 4. The Balaban J connectivity index is 2.14. The van der Waals surface area contributed by atoms with E-state index in [4.69, 9.17) is 0 Å². The van der Waals surface area contributed by atoms with Crippen LogP contribution in [-0.2, 0) is 26.4 Å². The molecule has 0 radical (unpaired) electrons. The van der Waals surface area contributed by atoms with Crippen molar-refractivity contribution >= 4 is 22.5 Å². The Morgan fingerprint density at radius 2 is 1.69 bits per heavy atom. The molecule has 32 heavy (non-hydrogen) atoms. The molecular formula is C26H32N2O4. The summed E-state index contributed by atoms with van der Waals surface area (Å²) in [5, 5.41) is 10.5. The Labute approximate surface area is 188 Å². The lowest BCUT2D eigenvalue weighted by molar-refractivity contribution is 0.0630. The van der Waals surface area contributed by atoms with E-state index in [1.807, 2.05) is 26.0 Å². The number of carbonyl (C=O) groups excluding carboxylic acids is 2. The molecule has 0 amide bonds. The Morgan fingerprint density at radius 1 is 1.03 bits per heavy atom. The molecule has 170 valence electrons. The van der Waals surface area contributed by atoms with Gasteiger partial charge in [-0.1, -0.05) is 44.2 Å². The number of benzene rings is 1. The van der Waals surface area contributed by atoms with Crippen molar-refractivity contribution in [2.45, 2.75) is 65.5 Å². The third-order valence-electron chi connectivity index (χ3n) is 5.99. The number of aryl methyl sites for hydroxylation is 3. The van der Waals surface area contributed by atoms with E-state index in [1.165, 1.54) is 0 Å². The molecule has 0 aliphatic carbocycles. The van der Waals surface area contributed by atoms with Gasteiger partial charge < -0.3 is 14.2 Å². The average Bonchev–Trinajstić information content (AvgIpc) is 3.05. The van der Waals surface area contributed by atoms with E-state index in [-0.39, 0.29) is 30.1 Å². The lowest BCUT2D eigenvalue weighted by atomic mass is 9.98. The van der Waals surface area contributed by atoms with Gasteiger partial charge in [-0.15, -0.1) is 0 Å². The minimum Gasteiger partial charge on any atom is -0.390 e. The van der Waals surface area contributed by atoms with Crippen molar-refractivity contribution in [3.05, 3.63) is 69.3 Å². The van der Waals surface area contributed by atoms with E-state index < -0.39 is 5.60 Å². The molecule has 0 bridgehead atoms. The van der Waals surface area contributed by atoms with Crippen LogP contribution in [0.5, 0.6) is 0 Å². The van der Waals surface area contributed by atoms with Gasteiger partial charge in [0.2, 0.25) is 0 Å². The zero-order valence-electron chi connectivity index (χ0n) is 19.6. The van der Waals surface area contributed by atoms with Gasteiger partial charge in [0.05, 0.1) is 28.7 Å². The lowest BCUT2D eigenvalue weighted by Gasteiger charge is -2.16. The molecule has 0 fully saturated rings. The highest BCUT2D eigenvalue weighted by atomic mass is 16.3. The normalized spacial score (nSPS) is 11.8. The maximum absolute atomic E-state index is 13.6. The minimum absolute atomic E-state index is 0.0397. The van der Waals surface area contributed by atoms with Crippen molar-refractivity contribution in [3.8, 4) is 0 Å². The van der Waals surface area contributed by atoms with E-state index in [9.17, 15) is 19.5 Å². The fraction of sp³-hybridized carbons (Fsp3) is 0.423. The number of hydrogen-bond donors (Lipinski definition) is 1. The van der Waals surface area contributed by atoms with Crippen molar-refractivity contribution in [1.82, 2.24) is 9.13 Å². The van der Waals surface area contributed by atoms with Crippen molar-refractivity contribution in [1.29, 1.82) is 0 Å². The van der Waals surface area contributed by atoms with Gasteiger partial charge in [-0.25, -0.2) is 0 Å². The molecule has 3 rings (SSSR count). The smallest absolute Gasteiger partial charge is 0.260 e. The first-order chi connectivity index (χ1) is 15.1. The van der Waals surface area contributed by atoms with E-state index in [0.717, 1.165) is 5.69 Å². The Kier molecular flexibility index (Phi) is 6.84.